The number of nitrogens with one attached hydrogen (secondary N) is 1. The molecular weight excluding hydrogens is 154 g/mol. The Hall–Kier alpha value is -0.740. The lowest BCUT2D eigenvalue weighted by molar-refractivity contribution is 0.146. The van der Waals surface area contributed by atoms with Crippen molar-refractivity contribution in [1.29, 1.82) is 0 Å². The van der Waals surface area contributed by atoms with Gasteiger partial charge in [-0.1, -0.05) is 11.6 Å². The summed E-state index contributed by atoms with van der Waals surface area (Å²) in [5, 5.41) is 3.06. The predicted octanol–water partition coefficient (Wildman–Crippen LogP) is -0.0430. The molecule has 0 bridgehead atoms. The van der Waals surface area contributed by atoms with E-state index < -0.39 is 0 Å². The molecule has 0 aromatic rings. The molecular formula is C5H8ClN3O. The fourth-order valence-corrected chi connectivity index (χ4v) is 0.821. The zero-order valence-corrected chi connectivity index (χ0v) is 6.22. The molecule has 0 radical (unpaired) electrons. The first-order valence-electron chi connectivity index (χ1n) is 2.73. The minimum atomic E-state index is -0.353. The van der Waals surface area contributed by atoms with Crippen LogP contribution in [0.15, 0.2) is 16.2 Å². The van der Waals surface area contributed by atoms with Crippen LogP contribution in [0.3, 0.4) is 0 Å². The average molecular weight is 162 g/mol. The van der Waals surface area contributed by atoms with Crippen LogP contribution in [0.25, 0.3) is 0 Å². The van der Waals surface area contributed by atoms with Crippen molar-refractivity contribution in [2.24, 2.45) is 10.7 Å². The van der Waals surface area contributed by atoms with E-state index in [9.17, 15) is 0 Å². The summed E-state index contributed by atoms with van der Waals surface area (Å²) in [5.41, 5.74) is 5.32. The van der Waals surface area contributed by atoms with Gasteiger partial charge < -0.3 is 15.8 Å². The molecule has 0 aromatic heterocycles. The third-order valence-electron chi connectivity index (χ3n) is 1.04. The maximum absolute atomic E-state index is 5.59. The van der Waals surface area contributed by atoms with Crippen LogP contribution in [0, 0.1) is 0 Å². The zero-order valence-electron chi connectivity index (χ0n) is 5.47. The Bertz CT molecular complexity index is 171. The first-order chi connectivity index (χ1) is 4.72. The fraction of sp³-hybridized carbons (Fsp3) is 0.400. The van der Waals surface area contributed by atoms with Crippen molar-refractivity contribution in [3.05, 3.63) is 11.2 Å². The molecule has 1 aliphatic heterocycles. The van der Waals surface area contributed by atoms with E-state index in [0.29, 0.717) is 5.16 Å². The van der Waals surface area contributed by atoms with Gasteiger partial charge >= 0.3 is 0 Å². The Morgan fingerprint density at radius 3 is 3.10 bits per heavy atom. The van der Waals surface area contributed by atoms with Crippen LogP contribution in [0.5, 0.6) is 0 Å². The summed E-state index contributed by atoms with van der Waals surface area (Å²) in [6.45, 7) is 0. The Morgan fingerprint density at radius 2 is 2.60 bits per heavy atom. The monoisotopic (exact) mass is 161 g/mol. The predicted molar refractivity (Wildman–Crippen MR) is 39.5 cm³/mol. The number of halogens is 1. The lowest BCUT2D eigenvalue weighted by Gasteiger charge is -2.14. The third kappa shape index (κ3) is 1.62. The largest absolute Gasteiger partial charge is 0.370 e. The van der Waals surface area contributed by atoms with Gasteiger partial charge in [-0.3, -0.25) is 0 Å². The molecule has 0 spiro atoms. The van der Waals surface area contributed by atoms with Crippen molar-refractivity contribution in [3.63, 3.8) is 0 Å². The molecule has 10 heavy (non-hydrogen) atoms. The van der Waals surface area contributed by atoms with Gasteiger partial charge in [0.05, 0.1) is 0 Å². The Labute approximate surface area is 63.7 Å². The molecule has 0 saturated heterocycles. The molecule has 0 fully saturated rings. The third-order valence-corrected chi connectivity index (χ3v) is 1.26. The smallest absolute Gasteiger partial charge is 0.196 e. The van der Waals surface area contributed by atoms with Gasteiger partial charge in [0.2, 0.25) is 0 Å². The second kappa shape index (κ2) is 2.90. The number of nitrogens with zero attached hydrogens (tertiary/aromatic N) is 1. The van der Waals surface area contributed by atoms with E-state index in [2.05, 4.69) is 10.3 Å². The second-order valence-corrected chi connectivity index (χ2v) is 2.19. The molecule has 1 rings (SSSR count). The lowest BCUT2D eigenvalue weighted by Crippen LogP contribution is -2.34. The van der Waals surface area contributed by atoms with Crippen LogP contribution in [-0.2, 0) is 4.74 Å². The normalized spacial score (nSPS) is 24.8. The van der Waals surface area contributed by atoms with Crippen molar-refractivity contribution < 1.29 is 4.74 Å². The highest BCUT2D eigenvalue weighted by Crippen LogP contribution is 2.06. The number of guanidine groups is 1. The number of ether oxygens (including phenoxy) is 1. The van der Waals surface area contributed by atoms with E-state index in [4.69, 9.17) is 22.1 Å². The van der Waals surface area contributed by atoms with Crippen molar-refractivity contribution >= 4 is 17.6 Å². The number of rotatable bonds is 1. The van der Waals surface area contributed by atoms with Gasteiger partial charge in [0.25, 0.3) is 0 Å². The van der Waals surface area contributed by atoms with Crippen LogP contribution >= 0.6 is 11.6 Å². The maximum atomic E-state index is 5.59. The molecule has 0 aliphatic carbocycles. The van der Waals surface area contributed by atoms with Gasteiger partial charge in [-0.05, 0) is 0 Å². The second-order valence-electron chi connectivity index (χ2n) is 1.78. The topological polar surface area (TPSA) is 59.6 Å². The quantitative estimate of drug-likeness (QED) is 0.531. The maximum Gasteiger partial charge on any atom is 0.196 e. The molecule has 0 amide bonds. The van der Waals surface area contributed by atoms with Gasteiger partial charge in [-0.2, -0.15) is 0 Å². The summed E-state index contributed by atoms with van der Waals surface area (Å²) < 4.78 is 4.86. The van der Waals surface area contributed by atoms with Gasteiger partial charge in [0.15, 0.2) is 12.2 Å². The number of hydrogen-bond acceptors (Lipinski definition) is 4. The van der Waals surface area contributed by atoms with Crippen molar-refractivity contribution in [3.8, 4) is 0 Å². The number of methoxy groups -OCH3 is 1. The molecule has 1 unspecified atom stereocenters. The molecule has 0 aromatic carbocycles. The first-order valence-corrected chi connectivity index (χ1v) is 3.10. The number of hydrogen-bond donors (Lipinski definition) is 2. The van der Waals surface area contributed by atoms with E-state index >= 15 is 0 Å². The molecule has 5 heteroatoms. The van der Waals surface area contributed by atoms with Crippen molar-refractivity contribution in [1.82, 2.24) is 5.32 Å². The molecule has 56 valence electrons. The van der Waals surface area contributed by atoms with Crippen LogP contribution in [0.1, 0.15) is 0 Å². The van der Waals surface area contributed by atoms with E-state index in [0.717, 1.165) is 0 Å². The summed E-state index contributed by atoms with van der Waals surface area (Å²) in [7, 11) is 1.54. The SMILES string of the molecule is COC1C=C(Cl)NC(N)=N1. The number of aliphatic imine (C=N–C) groups is 1. The highest BCUT2D eigenvalue weighted by Gasteiger charge is 2.09. The van der Waals surface area contributed by atoms with E-state index in [-0.39, 0.29) is 12.2 Å². The zero-order chi connectivity index (χ0) is 7.56. The van der Waals surface area contributed by atoms with Crippen LogP contribution in [-0.4, -0.2) is 19.3 Å². The van der Waals surface area contributed by atoms with E-state index in [1.807, 2.05) is 0 Å². The average Bonchev–Trinajstić information content (AvgIpc) is 1.85. The van der Waals surface area contributed by atoms with Crippen LogP contribution in [0.2, 0.25) is 0 Å². The Balaban J connectivity index is 2.67. The van der Waals surface area contributed by atoms with Crippen LogP contribution in [0.4, 0.5) is 0 Å². The standard InChI is InChI=1S/C5H8ClN3O/c1-10-4-2-3(6)8-5(7)9-4/h2,4H,1H3,(H3,7,8,9). The molecule has 1 heterocycles. The summed E-state index contributed by atoms with van der Waals surface area (Å²) >= 11 is 5.59. The van der Waals surface area contributed by atoms with Gasteiger partial charge in [0, 0.05) is 13.2 Å². The lowest BCUT2D eigenvalue weighted by atomic mass is 10.5. The van der Waals surface area contributed by atoms with E-state index in [1.54, 1.807) is 6.08 Å². The van der Waals surface area contributed by atoms with Gasteiger partial charge in [-0.15, -0.1) is 0 Å². The Morgan fingerprint density at radius 1 is 1.90 bits per heavy atom. The van der Waals surface area contributed by atoms with E-state index in [1.165, 1.54) is 7.11 Å². The summed E-state index contributed by atoms with van der Waals surface area (Å²) in [6.07, 6.45) is 1.27. The highest BCUT2D eigenvalue weighted by molar-refractivity contribution is 6.30. The minimum absolute atomic E-state index is 0.277. The summed E-state index contributed by atoms with van der Waals surface area (Å²) in [5.74, 6) is 0.277. The Kier molecular flexibility index (Phi) is 2.13. The highest BCUT2D eigenvalue weighted by atomic mass is 35.5. The summed E-state index contributed by atoms with van der Waals surface area (Å²) in [6, 6.07) is 0. The van der Waals surface area contributed by atoms with Crippen molar-refractivity contribution in [2.45, 2.75) is 6.23 Å². The van der Waals surface area contributed by atoms with Gasteiger partial charge in [-0.25, -0.2) is 4.99 Å². The molecule has 3 N–H and O–H groups in total. The molecule has 1 aliphatic rings. The minimum Gasteiger partial charge on any atom is -0.370 e. The fourth-order valence-electron chi connectivity index (χ4n) is 0.617. The molecule has 1 atom stereocenters. The molecule has 0 saturated carbocycles. The van der Waals surface area contributed by atoms with Crippen molar-refractivity contribution in [2.75, 3.05) is 7.11 Å². The summed E-state index contributed by atoms with van der Waals surface area (Å²) in [4.78, 5) is 3.85. The number of nitrogens with two attached hydrogens (primary N) is 1. The van der Waals surface area contributed by atoms with Crippen LogP contribution < -0.4 is 11.1 Å². The first kappa shape index (κ1) is 7.37. The molecule has 4 nitrogen and oxygen atoms in total. The van der Waals surface area contributed by atoms with Gasteiger partial charge in [0.1, 0.15) is 5.16 Å².